The van der Waals surface area contributed by atoms with Crippen molar-refractivity contribution in [1.29, 1.82) is 0 Å². The fourth-order valence-electron chi connectivity index (χ4n) is 3.83. The molecule has 0 saturated carbocycles. The van der Waals surface area contributed by atoms with Crippen molar-refractivity contribution in [2.24, 2.45) is 0 Å². The first kappa shape index (κ1) is 25.7. The molecule has 1 heterocycles. The largest absolute Gasteiger partial charge is 0.469 e. The Hall–Kier alpha value is -2.93. The van der Waals surface area contributed by atoms with Crippen molar-refractivity contribution in [1.82, 2.24) is 4.57 Å². The normalized spacial score (nSPS) is 13.4. The van der Waals surface area contributed by atoms with Crippen LogP contribution >= 0.6 is 11.6 Å². The van der Waals surface area contributed by atoms with Crippen LogP contribution in [-0.4, -0.2) is 40.1 Å². The number of methoxy groups -OCH3 is 1. The zero-order chi connectivity index (χ0) is 24.8. The summed E-state index contributed by atoms with van der Waals surface area (Å²) in [6.07, 6.45) is 1.13. The Labute approximate surface area is 204 Å². The van der Waals surface area contributed by atoms with E-state index in [1.807, 2.05) is 22.8 Å². The van der Waals surface area contributed by atoms with Crippen LogP contribution in [0.15, 0.2) is 60.7 Å². The van der Waals surface area contributed by atoms with Gasteiger partial charge >= 0.3 is 5.97 Å². The van der Waals surface area contributed by atoms with Crippen molar-refractivity contribution in [3.8, 4) is 22.4 Å². The van der Waals surface area contributed by atoms with Gasteiger partial charge < -0.3 is 19.5 Å². The molecule has 7 heteroatoms. The van der Waals surface area contributed by atoms with Crippen molar-refractivity contribution in [3.63, 3.8) is 0 Å². The van der Waals surface area contributed by atoms with Crippen LogP contribution in [0.2, 0.25) is 5.02 Å². The van der Waals surface area contributed by atoms with Gasteiger partial charge in [-0.15, -0.1) is 0 Å². The van der Waals surface area contributed by atoms with E-state index in [9.17, 15) is 19.4 Å². The molecule has 0 aliphatic rings. The zero-order valence-corrected chi connectivity index (χ0v) is 20.2. The van der Waals surface area contributed by atoms with Crippen LogP contribution < -0.4 is 0 Å². The first-order valence-corrected chi connectivity index (χ1v) is 11.5. The number of halogens is 2. The molecule has 180 valence electrons. The lowest BCUT2D eigenvalue weighted by Gasteiger charge is -2.15. The number of esters is 1. The van der Waals surface area contributed by atoms with Gasteiger partial charge in [0.15, 0.2) is 0 Å². The van der Waals surface area contributed by atoms with Gasteiger partial charge in [-0.05, 0) is 47.9 Å². The maximum absolute atomic E-state index is 13.6. The number of carbonyl (C=O) groups is 1. The van der Waals surface area contributed by atoms with E-state index in [0.717, 1.165) is 28.1 Å². The van der Waals surface area contributed by atoms with Gasteiger partial charge in [0.25, 0.3) is 0 Å². The first-order valence-electron chi connectivity index (χ1n) is 11.1. The second-order valence-electron chi connectivity index (χ2n) is 8.45. The lowest BCUT2D eigenvalue weighted by molar-refractivity contribution is -0.143. The third kappa shape index (κ3) is 6.35. The van der Waals surface area contributed by atoms with Crippen LogP contribution in [0.1, 0.15) is 38.3 Å². The maximum atomic E-state index is 13.6. The predicted octanol–water partition coefficient (Wildman–Crippen LogP) is 5.88. The van der Waals surface area contributed by atoms with E-state index in [0.29, 0.717) is 5.02 Å². The summed E-state index contributed by atoms with van der Waals surface area (Å²) >= 11 is 6.29. The molecule has 0 bridgehead atoms. The highest BCUT2D eigenvalue weighted by Crippen LogP contribution is 2.38. The number of nitrogens with zero attached hydrogens (tertiary/aromatic N) is 1. The molecule has 0 radical (unpaired) electrons. The summed E-state index contributed by atoms with van der Waals surface area (Å²) in [6, 6.07) is 15.8. The number of aliphatic hydroxyl groups excluding tert-OH is 2. The number of hydrogen-bond acceptors (Lipinski definition) is 4. The summed E-state index contributed by atoms with van der Waals surface area (Å²) in [5, 5.41) is 21.1. The molecule has 0 fully saturated rings. The second kappa shape index (κ2) is 11.5. The molecule has 0 amide bonds. The number of carbonyl (C=O) groups excluding carboxylic acids is 1. The summed E-state index contributed by atoms with van der Waals surface area (Å²) in [5.74, 6) is -0.715. The van der Waals surface area contributed by atoms with Crippen molar-refractivity contribution >= 4 is 23.8 Å². The van der Waals surface area contributed by atoms with Gasteiger partial charge in [-0.3, -0.25) is 4.79 Å². The number of aliphatic hydroxyl groups is 2. The quantitative estimate of drug-likeness (QED) is 0.371. The van der Waals surface area contributed by atoms with Gasteiger partial charge in [-0.2, -0.15) is 0 Å². The molecule has 34 heavy (non-hydrogen) atoms. The summed E-state index contributed by atoms with van der Waals surface area (Å²) in [7, 11) is 1.25. The number of hydrogen-bond donors (Lipinski definition) is 2. The molecule has 1 aromatic heterocycles. The number of rotatable bonds is 9. The van der Waals surface area contributed by atoms with Crippen molar-refractivity contribution < 1.29 is 24.1 Å². The highest BCUT2D eigenvalue weighted by atomic mass is 35.5. The van der Waals surface area contributed by atoms with E-state index in [4.69, 9.17) is 11.6 Å². The Morgan fingerprint density at radius 2 is 1.82 bits per heavy atom. The van der Waals surface area contributed by atoms with Crippen molar-refractivity contribution in [3.05, 3.63) is 77.2 Å². The van der Waals surface area contributed by atoms with Gasteiger partial charge in [0.2, 0.25) is 0 Å². The molecule has 0 aliphatic carbocycles. The third-order valence-electron chi connectivity index (χ3n) is 5.51. The minimum Gasteiger partial charge on any atom is -0.469 e. The number of aromatic nitrogens is 1. The highest BCUT2D eigenvalue weighted by Gasteiger charge is 2.20. The van der Waals surface area contributed by atoms with Crippen LogP contribution in [0.4, 0.5) is 4.39 Å². The molecular formula is C27H29ClFNO4. The molecule has 5 nitrogen and oxygen atoms in total. The molecule has 0 saturated heterocycles. The van der Waals surface area contributed by atoms with Crippen molar-refractivity contribution in [2.45, 2.75) is 44.8 Å². The Balaban J connectivity index is 2.07. The topological polar surface area (TPSA) is 71.7 Å². The minimum atomic E-state index is -1.02. The molecule has 0 unspecified atom stereocenters. The summed E-state index contributed by atoms with van der Waals surface area (Å²) in [6.45, 7) is 4.12. The van der Waals surface area contributed by atoms with Gasteiger partial charge in [0.05, 0.1) is 31.4 Å². The first-order chi connectivity index (χ1) is 16.2. The SMILES string of the molecule is COC(=O)C[C@H](O)C[C@H](O)/C=C/n1c(C(C)C)cc(-c2ccc(F)cc2)c1-c1cccc(Cl)c1. The van der Waals surface area contributed by atoms with Crippen LogP contribution in [0.25, 0.3) is 28.6 Å². The summed E-state index contributed by atoms with van der Waals surface area (Å²) < 4.78 is 20.1. The summed E-state index contributed by atoms with van der Waals surface area (Å²) in [4.78, 5) is 11.4. The second-order valence-corrected chi connectivity index (χ2v) is 8.89. The third-order valence-corrected chi connectivity index (χ3v) is 5.75. The zero-order valence-electron chi connectivity index (χ0n) is 19.4. The van der Waals surface area contributed by atoms with Crippen molar-refractivity contribution in [2.75, 3.05) is 7.11 Å². The Morgan fingerprint density at radius 3 is 2.44 bits per heavy atom. The Kier molecular flexibility index (Phi) is 8.67. The van der Waals surface area contributed by atoms with E-state index in [1.165, 1.54) is 19.2 Å². The standard InChI is InChI=1S/C27H29ClFNO4/c1-17(2)25-16-24(18-7-9-21(29)10-8-18)27(19-5-4-6-20(28)13-19)30(25)12-11-22(31)14-23(32)15-26(33)34-3/h4-13,16-17,22-23,31-32H,14-15H2,1-3H3/b12-11+/t22-,23-/m1/s1. The smallest absolute Gasteiger partial charge is 0.308 e. The molecule has 2 aromatic carbocycles. The predicted molar refractivity (Wildman–Crippen MR) is 133 cm³/mol. The molecule has 0 aliphatic heterocycles. The number of benzene rings is 2. The molecular weight excluding hydrogens is 457 g/mol. The van der Waals surface area contributed by atoms with Crippen LogP contribution in [-0.2, 0) is 9.53 Å². The van der Waals surface area contributed by atoms with Gasteiger partial charge in [0.1, 0.15) is 5.82 Å². The Bertz CT molecular complexity index is 1150. The van der Waals surface area contributed by atoms with E-state index >= 15 is 0 Å². The summed E-state index contributed by atoms with van der Waals surface area (Å²) in [5.41, 5.74) is 4.43. The van der Waals surface area contributed by atoms with Gasteiger partial charge in [-0.25, -0.2) is 4.39 Å². The maximum Gasteiger partial charge on any atom is 0.308 e. The van der Waals surface area contributed by atoms with E-state index in [2.05, 4.69) is 24.7 Å². The molecule has 3 rings (SSSR count). The van der Waals surface area contributed by atoms with E-state index < -0.39 is 18.2 Å². The van der Waals surface area contributed by atoms with Gasteiger partial charge in [-0.1, -0.05) is 49.7 Å². The monoisotopic (exact) mass is 485 g/mol. The average Bonchev–Trinajstić information content (AvgIpc) is 3.17. The Morgan fingerprint density at radius 1 is 1.12 bits per heavy atom. The van der Waals surface area contributed by atoms with E-state index in [-0.39, 0.29) is 24.6 Å². The number of ether oxygens (including phenoxy) is 1. The van der Waals surface area contributed by atoms with Crippen LogP contribution in [0.3, 0.4) is 0 Å². The molecule has 2 atom stereocenters. The van der Waals surface area contributed by atoms with E-state index in [1.54, 1.807) is 30.5 Å². The van der Waals surface area contributed by atoms with Crippen LogP contribution in [0.5, 0.6) is 0 Å². The molecule has 0 spiro atoms. The minimum absolute atomic E-state index is 0.0127. The lowest BCUT2D eigenvalue weighted by atomic mass is 10.0. The van der Waals surface area contributed by atoms with Gasteiger partial charge in [0, 0.05) is 34.5 Å². The molecule has 2 N–H and O–H groups in total. The van der Waals surface area contributed by atoms with Crippen LogP contribution in [0, 0.1) is 5.82 Å². The fourth-order valence-corrected chi connectivity index (χ4v) is 4.02. The molecule has 3 aromatic rings. The fraction of sp³-hybridized carbons (Fsp3) is 0.296. The lowest BCUT2D eigenvalue weighted by Crippen LogP contribution is -2.20. The highest BCUT2D eigenvalue weighted by molar-refractivity contribution is 6.30. The average molecular weight is 486 g/mol.